The summed E-state index contributed by atoms with van der Waals surface area (Å²) in [5.41, 5.74) is 2.88. The van der Waals surface area contributed by atoms with Crippen molar-refractivity contribution in [2.75, 3.05) is 0 Å². The Hall–Kier alpha value is -2.42. The van der Waals surface area contributed by atoms with Gasteiger partial charge in [-0.2, -0.15) is 0 Å². The highest BCUT2D eigenvalue weighted by Gasteiger charge is 2.20. The number of halogens is 2. The lowest BCUT2D eigenvalue weighted by Gasteiger charge is -2.16. The van der Waals surface area contributed by atoms with Crippen LogP contribution in [0.3, 0.4) is 0 Å². The van der Waals surface area contributed by atoms with Gasteiger partial charge in [-0.3, -0.25) is 9.36 Å². The lowest BCUT2D eigenvalue weighted by molar-refractivity contribution is 0.413. The summed E-state index contributed by atoms with van der Waals surface area (Å²) in [6, 6.07) is 11.3. The summed E-state index contributed by atoms with van der Waals surface area (Å²) in [5.74, 6) is -0.269. The summed E-state index contributed by atoms with van der Waals surface area (Å²) < 4.78 is 32.7. The first-order chi connectivity index (χ1) is 14.2. The molecule has 0 amide bonds. The van der Waals surface area contributed by atoms with Crippen LogP contribution in [-0.2, 0) is 15.6 Å². The van der Waals surface area contributed by atoms with Crippen LogP contribution in [-0.4, -0.2) is 18.1 Å². The van der Waals surface area contributed by atoms with Crippen LogP contribution in [0.5, 0.6) is 0 Å². The minimum Gasteiger partial charge on any atom is -0.364 e. The number of benzene rings is 2. The second kappa shape index (κ2) is 7.68. The Morgan fingerprint density at radius 2 is 1.87 bits per heavy atom. The predicted molar refractivity (Wildman–Crippen MR) is 119 cm³/mol. The molecule has 4 aromatic rings. The van der Waals surface area contributed by atoms with Crippen molar-refractivity contribution in [1.29, 1.82) is 0 Å². The molecule has 0 aliphatic heterocycles. The maximum atomic E-state index is 12.9. The number of rotatable bonds is 4. The summed E-state index contributed by atoms with van der Waals surface area (Å²) in [5, 5.41) is 4.82. The van der Waals surface area contributed by atoms with E-state index in [1.165, 1.54) is 24.5 Å². The Morgan fingerprint density at radius 1 is 1.10 bits per heavy atom. The van der Waals surface area contributed by atoms with Gasteiger partial charge in [0.1, 0.15) is 12.0 Å². The largest absolute Gasteiger partial charge is 0.364 e. The van der Waals surface area contributed by atoms with Gasteiger partial charge in [0.25, 0.3) is 5.56 Å². The van der Waals surface area contributed by atoms with E-state index in [0.29, 0.717) is 32.9 Å². The highest BCUT2D eigenvalue weighted by atomic mass is 79.9. The van der Waals surface area contributed by atoms with E-state index in [1.54, 1.807) is 29.7 Å². The molecule has 4 rings (SSSR count). The smallest absolute Gasteiger partial charge is 0.255 e. The van der Waals surface area contributed by atoms with Gasteiger partial charge in [-0.1, -0.05) is 16.8 Å². The summed E-state index contributed by atoms with van der Waals surface area (Å²) in [4.78, 5) is 13.0. The lowest BCUT2D eigenvalue weighted by atomic mass is 10.1. The minimum atomic E-state index is -3.64. The first-order valence-electron chi connectivity index (χ1n) is 8.92. The fourth-order valence-electron chi connectivity index (χ4n) is 3.38. The van der Waals surface area contributed by atoms with Crippen molar-refractivity contribution in [3.63, 3.8) is 0 Å². The first-order valence-corrected chi connectivity index (χ1v) is 11.7. The molecule has 0 radical (unpaired) electrons. The molecule has 0 bridgehead atoms. The van der Waals surface area contributed by atoms with Crippen molar-refractivity contribution in [3.05, 3.63) is 85.4 Å². The van der Waals surface area contributed by atoms with Crippen molar-refractivity contribution >= 4 is 48.3 Å². The second-order valence-corrected chi connectivity index (χ2v) is 10.2. The number of sulfone groups is 1. The molecule has 2 aromatic heterocycles. The Morgan fingerprint density at radius 3 is 2.57 bits per heavy atom. The van der Waals surface area contributed by atoms with Gasteiger partial charge in [-0.05, 0) is 71.2 Å². The third-order valence-electron chi connectivity index (χ3n) is 4.86. The fraction of sp³-hybridized carbons (Fsp3) is 0.143. The summed E-state index contributed by atoms with van der Waals surface area (Å²) in [7, 11) is -3.64. The van der Waals surface area contributed by atoms with Crippen molar-refractivity contribution in [2.45, 2.75) is 24.5 Å². The van der Waals surface area contributed by atoms with E-state index in [1.807, 2.05) is 13.0 Å². The Labute approximate surface area is 186 Å². The van der Waals surface area contributed by atoms with Crippen LogP contribution in [0.1, 0.15) is 16.8 Å². The molecule has 30 heavy (non-hydrogen) atoms. The number of pyridine rings is 1. The standard InChI is InChI=1S/C21H16BrClN2O4S/c1-12-8-21(26)25(20-10-18(23)17(22)7-13(20)2)19-4-3-15(9-16(12)19)30(27,28)11-14-5-6-29-24-14/h3-10H,11H2,1-2H3. The van der Waals surface area contributed by atoms with Gasteiger partial charge >= 0.3 is 0 Å². The molecule has 0 aliphatic carbocycles. The molecule has 0 saturated heterocycles. The number of aryl methyl sites for hydroxylation is 2. The van der Waals surface area contributed by atoms with E-state index in [2.05, 4.69) is 21.1 Å². The van der Waals surface area contributed by atoms with Gasteiger partial charge in [0.05, 0.1) is 26.8 Å². The molecule has 2 aromatic carbocycles. The highest BCUT2D eigenvalue weighted by Crippen LogP contribution is 2.30. The van der Waals surface area contributed by atoms with E-state index >= 15 is 0 Å². The number of hydrogen-bond acceptors (Lipinski definition) is 5. The molecule has 154 valence electrons. The van der Waals surface area contributed by atoms with Crippen molar-refractivity contribution in [1.82, 2.24) is 9.72 Å². The van der Waals surface area contributed by atoms with E-state index in [9.17, 15) is 13.2 Å². The van der Waals surface area contributed by atoms with Crippen LogP contribution in [0.15, 0.2) is 67.4 Å². The number of hydrogen-bond donors (Lipinski definition) is 0. The fourth-order valence-corrected chi connectivity index (χ4v) is 5.27. The number of aromatic nitrogens is 2. The summed E-state index contributed by atoms with van der Waals surface area (Å²) >= 11 is 9.66. The number of nitrogens with zero attached hydrogens (tertiary/aromatic N) is 2. The van der Waals surface area contributed by atoms with Crippen LogP contribution in [0.2, 0.25) is 5.02 Å². The van der Waals surface area contributed by atoms with E-state index in [4.69, 9.17) is 16.1 Å². The monoisotopic (exact) mass is 506 g/mol. The van der Waals surface area contributed by atoms with Crippen LogP contribution in [0.25, 0.3) is 16.6 Å². The van der Waals surface area contributed by atoms with E-state index in [-0.39, 0.29) is 16.2 Å². The number of fused-ring (bicyclic) bond motifs is 1. The normalized spacial score (nSPS) is 11.9. The molecule has 0 unspecified atom stereocenters. The highest BCUT2D eigenvalue weighted by molar-refractivity contribution is 9.10. The topological polar surface area (TPSA) is 82.2 Å². The van der Waals surface area contributed by atoms with Gasteiger partial charge < -0.3 is 4.52 Å². The zero-order chi connectivity index (χ0) is 21.6. The second-order valence-electron chi connectivity index (χ2n) is 6.98. The summed E-state index contributed by atoms with van der Waals surface area (Å²) in [6.07, 6.45) is 1.33. The summed E-state index contributed by atoms with van der Waals surface area (Å²) in [6.45, 7) is 3.66. The van der Waals surface area contributed by atoms with E-state index < -0.39 is 9.84 Å². The SMILES string of the molecule is Cc1cc(Br)c(Cl)cc1-n1c(=O)cc(C)c2cc(S(=O)(=O)Cc3ccon3)ccc21. The third kappa shape index (κ3) is 3.71. The first kappa shape index (κ1) is 20.8. The maximum Gasteiger partial charge on any atom is 0.255 e. The average Bonchev–Trinajstić information content (AvgIpc) is 3.17. The molecule has 0 spiro atoms. The quantitative estimate of drug-likeness (QED) is 0.389. The Balaban J connectivity index is 1.93. The lowest BCUT2D eigenvalue weighted by Crippen LogP contribution is -2.19. The van der Waals surface area contributed by atoms with Crippen molar-refractivity contribution < 1.29 is 12.9 Å². The zero-order valence-electron chi connectivity index (χ0n) is 16.0. The van der Waals surface area contributed by atoms with E-state index in [0.717, 1.165) is 10.0 Å². The molecular weight excluding hydrogens is 492 g/mol. The molecular formula is C21H16BrClN2O4S. The van der Waals surface area contributed by atoms with Gasteiger partial charge in [0.15, 0.2) is 9.84 Å². The van der Waals surface area contributed by atoms with Crippen LogP contribution in [0, 0.1) is 13.8 Å². The van der Waals surface area contributed by atoms with Crippen LogP contribution >= 0.6 is 27.5 Å². The van der Waals surface area contributed by atoms with Gasteiger partial charge in [0, 0.05) is 22.0 Å². The zero-order valence-corrected chi connectivity index (χ0v) is 19.2. The van der Waals surface area contributed by atoms with Gasteiger partial charge in [0.2, 0.25) is 0 Å². The molecule has 6 nitrogen and oxygen atoms in total. The molecule has 0 aliphatic rings. The maximum absolute atomic E-state index is 12.9. The molecule has 0 saturated carbocycles. The molecule has 0 fully saturated rings. The molecule has 9 heteroatoms. The Bertz CT molecular complexity index is 1440. The average molecular weight is 508 g/mol. The van der Waals surface area contributed by atoms with Crippen molar-refractivity contribution in [2.24, 2.45) is 0 Å². The third-order valence-corrected chi connectivity index (χ3v) is 7.71. The predicted octanol–water partition coefficient (Wildman–Crippen LogP) is 4.99. The van der Waals surface area contributed by atoms with Gasteiger partial charge in [-0.15, -0.1) is 0 Å². The molecule has 2 heterocycles. The van der Waals surface area contributed by atoms with Crippen LogP contribution in [0.4, 0.5) is 0 Å². The van der Waals surface area contributed by atoms with Crippen molar-refractivity contribution in [3.8, 4) is 5.69 Å². The molecule has 0 N–H and O–H groups in total. The Kier molecular flexibility index (Phi) is 5.34. The molecule has 0 atom stereocenters. The van der Waals surface area contributed by atoms with Gasteiger partial charge in [-0.25, -0.2) is 8.42 Å². The van der Waals surface area contributed by atoms with Crippen LogP contribution < -0.4 is 5.56 Å². The minimum absolute atomic E-state index is 0.150.